The van der Waals surface area contributed by atoms with Crippen LogP contribution in [0.5, 0.6) is 0 Å². The molecule has 0 radical (unpaired) electrons. The zero-order chi connectivity index (χ0) is 53.1. The highest BCUT2D eigenvalue weighted by Crippen LogP contribution is 2.33. The summed E-state index contributed by atoms with van der Waals surface area (Å²) in [5, 5.41) is 28.3. The van der Waals surface area contributed by atoms with Crippen LogP contribution in [-0.2, 0) is 60.8 Å². The van der Waals surface area contributed by atoms with Crippen molar-refractivity contribution in [3.63, 3.8) is 0 Å². The molecule has 9 rings (SSSR count). The molecule has 0 saturated carbocycles. The van der Waals surface area contributed by atoms with Gasteiger partial charge in [0.25, 0.3) is 22.9 Å². The number of imide groups is 2. The monoisotopic (exact) mass is 1030 g/mol. The molecule has 1 saturated heterocycles. The Morgan fingerprint density at radius 3 is 2.40 bits per heavy atom. The van der Waals surface area contributed by atoms with E-state index in [-0.39, 0.29) is 103 Å². The minimum atomic E-state index is -1.05. The van der Waals surface area contributed by atoms with Crippen molar-refractivity contribution < 1.29 is 47.7 Å². The third-order valence-corrected chi connectivity index (χ3v) is 13.2. The van der Waals surface area contributed by atoms with E-state index in [2.05, 4.69) is 31.1 Å². The van der Waals surface area contributed by atoms with Crippen molar-refractivity contribution in [2.24, 2.45) is 7.05 Å². The number of aliphatic hydroxyl groups is 1. The molecule has 6 aromatic rings. The molecule has 75 heavy (non-hydrogen) atoms. The summed E-state index contributed by atoms with van der Waals surface area (Å²) in [5.41, 5.74) is 2.16. The first-order chi connectivity index (χ1) is 36.0. The number of hydrogen-bond acceptors (Lipinski definition) is 16. The maximum atomic E-state index is 15.5. The normalized spacial score (nSPS) is 15.6. The van der Waals surface area contributed by atoms with E-state index < -0.39 is 47.7 Å². The van der Waals surface area contributed by atoms with Gasteiger partial charge in [0.2, 0.25) is 17.7 Å². The van der Waals surface area contributed by atoms with Crippen LogP contribution >= 0.6 is 0 Å². The fraction of sp³-hybridized carbons (Fsp3) is 0.385. The van der Waals surface area contributed by atoms with Crippen LogP contribution in [0.1, 0.15) is 77.6 Å². The molecule has 1 atom stereocenters. The average molecular weight is 1030 g/mol. The number of rotatable bonds is 19. The maximum absolute atomic E-state index is 15.5. The first kappa shape index (κ1) is 51.9. The number of anilines is 3. The molecule has 4 N–H and O–H groups in total. The quantitative estimate of drug-likeness (QED) is 0.0670. The van der Waals surface area contributed by atoms with Gasteiger partial charge in [-0.1, -0.05) is 26.8 Å². The number of hydrogen-bond donors (Lipinski definition) is 4. The summed E-state index contributed by atoms with van der Waals surface area (Å²) in [6.07, 6.45) is 4.70. The van der Waals surface area contributed by atoms with Crippen LogP contribution in [0.25, 0.3) is 27.7 Å². The van der Waals surface area contributed by atoms with Gasteiger partial charge in [-0.3, -0.25) is 48.5 Å². The summed E-state index contributed by atoms with van der Waals surface area (Å²) < 4.78 is 36.5. The van der Waals surface area contributed by atoms with Crippen molar-refractivity contribution in [3.8, 4) is 16.9 Å². The number of aryl methyl sites for hydroxylation is 1. The number of halogens is 1. The topological polar surface area (TPSA) is 263 Å². The number of ether oxygens (including phenoxy) is 3. The molecule has 22 nitrogen and oxygen atoms in total. The third kappa shape index (κ3) is 10.8. The third-order valence-electron chi connectivity index (χ3n) is 13.2. The second-order valence-corrected chi connectivity index (χ2v) is 19.3. The first-order valence-electron chi connectivity index (χ1n) is 24.5. The Balaban J connectivity index is 0.716. The Bertz CT molecular complexity index is 3360. The van der Waals surface area contributed by atoms with Crippen molar-refractivity contribution in [2.75, 3.05) is 63.4 Å². The summed E-state index contributed by atoms with van der Waals surface area (Å²) >= 11 is 0. The molecule has 1 unspecified atom stereocenters. The first-order valence-corrected chi connectivity index (χ1v) is 24.5. The summed E-state index contributed by atoms with van der Waals surface area (Å²) in [6.45, 7) is 8.35. The van der Waals surface area contributed by atoms with E-state index in [0.717, 1.165) is 15.3 Å². The molecule has 0 bridgehead atoms. The van der Waals surface area contributed by atoms with Gasteiger partial charge in [0, 0.05) is 67.2 Å². The molecule has 2 aromatic carbocycles. The van der Waals surface area contributed by atoms with E-state index >= 15 is 4.39 Å². The Kier molecular flexibility index (Phi) is 15.1. The Hall–Kier alpha value is -7.99. The summed E-state index contributed by atoms with van der Waals surface area (Å²) in [5.74, 6) is -2.68. The standard InChI is InChI=1S/C52H56FN11O11/c1-52(2,3)32-22-30-26-56-64(51(72)44(30)37(53)24-32)46-36(29-65)34(10-12-55-46)31-23-39(49(70)60(4)27-31)57-41-25-33-28-61(14-15-62(33)59-41)43(67)11-16-73-18-20-75-21-19-74-17-13-54-38-7-5-6-35-45(38)50(71)63(48(35)69)40-8-9-42(66)58-47(40)68/h5-7,10,12,22-27,40,54,65H,8-9,11,13-21,28-29H2,1-4H3,(H,57,59)(H,58,66,68). The number of benzene rings is 2. The van der Waals surface area contributed by atoms with Crippen LogP contribution in [-0.4, -0.2) is 132 Å². The predicted octanol–water partition coefficient (Wildman–Crippen LogP) is 3.31. The van der Waals surface area contributed by atoms with Gasteiger partial charge in [0.1, 0.15) is 17.5 Å². The number of carbonyl (C=O) groups is 5. The second kappa shape index (κ2) is 21.8. The summed E-state index contributed by atoms with van der Waals surface area (Å²) in [4.78, 5) is 97.8. The van der Waals surface area contributed by atoms with Crippen LogP contribution in [0.3, 0.4) is 0 Å². The van der Waals surface area contributed by atoms with Gasteiger partial charge in [-0.15, -0.1) is 0 Å². The fourth-order valence-electron chi connectivity index (χ4n) is 9.31. The lowest BCUT2D eigenvalue weighted by Crippen LogP contribution is -2.54. The number of aromatic nitrogens is 6. The lowest BCUT2D eigenvalue weighted by Gasteiger charge is -2.27. The van der Waals surface area contributed by atoms with E-state index in [9.17, 15) is 38.7 Å². The van der Waals surface area contributed by atoms with Gasteiger partial charge < -0.3 is 39.4 Å². The van der Waals surface area contributed by atoms with Crippen LogP contribution in [0.2, 0.25) is 0 Å². The number of pyridine rings is 2. The number of carbonyl (C=O) groups excluding carboxylic acids is 5. The molecular weight excluding hydrogens is 974 g/mol. The van der Waals surface area contributed by atoms with E-state index in [0.29, 0.717) is 66.4 Å². The van der Waals surface area contributed by atoms with Crippen molar-refractivity contribution in [2.45, 2.75) is 71.2 Å². The number of nitrogens with one attached hydrogen (secondary N) is 3. The highest BCUT2D eigenvalue weighted by molar-refractivity contribution is 6.25. The minimum absolute atomic E-state index is 0.00748. The smallest absolute Gasteiger partial charge is 0.283 e. The Labute approximate surface area is 428 Å². The Morgan fingerprint density at radius 1 is 0.893 bits per heavy atom. The molecule has 7 heterocycles. The highest BCUT2D eigenvalue weighted by Gasteiger charge is 2.45. The highest BCUT2D eigenvalue weighted by atomic mass is 19.1. The van der Waals surface area contributed by atoms with Crippen molar-refractivity contribution in [3.05, 3.63) is 122 Å². The van der Waals surface area contributed by atoms with E-state index in [4.69, 9.17) is 14.2 Å². The molecule has 23 heteroatoms. The zero-order valence-electron chi connectivity index (χ0n) is 41.8. The van der Waals surface area contributed by atoms with Crippen molar-refractivity contribution in [1.29, 1.82) is 0 Å². The van der Waals surface area contributed by atoms with Crippen molar-refractivity contribution >= 4 is 57.5 Å². The molecule has 3 aliphatic rings. The van der Waals surface area contributed by atoms with Crippen LogP contribution in [0, 0.1) is 5.82 Å². The van der Waals surface area contributed by atoms with Gasteiger partial charge in [-0.2, -0.15) is 14.9 Å². The molecule has 392 valence electrons. The molecule has 0 spiro atoms. The number of nitrogens with zero attached hydrogens (tertiary/aromatic N) is 8. The number of fused-ring (bicyclic) bond motifs is 3. The molecule has 5 amide bonds. The van der Waals surface area contributed by atoms with Crippen LogP contribution < -0.4 is 27.1 Å². The van der Waals surface area contributed by atoms with Crippen LogP contribution in [0.4, 0.5) is 21.6 Å². The van der Waals surface area contributed by atoms with E-state index in [1.54, 1.807) is 59.2 Å². The average Bonchev–Trinajstić information content (AvgIpc) is 3.91. The van der Waals surface area contributed by atoms with Gasteiger partial charge in [0.15, 0.2) is 11.6 Å². The van der Waals surface area contributed by atoms with Gasteiger partial charge in [0.05, 0.1) is 94.2 Å². The van der Waals surface area contributed by atoms with E-state index in [1.165, 1.54) is 29.1 Å². The Morgan fingerprint density at radius 2 is 1.65 bits per heavy atom. The van der Waals surface area contributed by atoms with E-state index in [1.807, 2.05) is 20.8 Å². The lowest BCUT2D eigenvalue weighted by molar-refractivity contribution is -0.136. The predicted molar refractivity (Wildman–Crippen MR) is 270 cm³/mol. The summed E-state index contributed by atoms with van der Waals surface area (Å²) in [6, 6.07) is 11.9. The van der Waals surface area contributed by atoms with Gasteiger partial charge in [-0.25, -0.2) is 9.37 Å². The number of aliphatic hydroxyl groups excluding tert-OH is 1. The van der Waals surface area contributed by atoms with Gasteiger partial charge >= 0.3 is 0 Å². The second-order valence-electron chi connectivity index (χ2n) is 19.3. The number of piperidine rings is 1. The number of amides is 5. The molecule has 0 aliphatic carbocycles. The molecule has 1 fully saturated rings. The molecule has 3 aliphatic heterocycles. The zero-order valence-corrected chi connectivity index (χ0v) is 41.8. The van der Waals surface area contributed by atoms with Gasteiger partial charge in [-0.05, 0) is 59.4 Å². The molecular formula is C52H56FN11O11. The maximum Gasteiger partial charge on any atom is 0.283 e. The van der Waals surface area contributed by atoms with Crippen molar-refractivity contribution in [1.82, 2.24) is 44.2 Å². The minimum Gasteiger partial charge on any atom is -0.392 e. The van der Waals surface area contributed by atoms with Crippen LogP contribution in [0.15, 0.2) is 76.7 Å². The SMILES string of the molecule is Cn1cc(-c2ccnc(-n3ncc4cc(C(C)(C)C)cc(F)c4c3=O)c2CO)cc(Nc2cc3n(n2)CCN(C(=O)CCOCCOCCOCCNc2cccc4c2C(=O)N(C2CCC(=O)NC2=O)C4=O)C3)c1=O. The lowest BCUT2D eigenvalue weighted by atomic mass is 9.86. The largest absolute Gasteiger partial charge is 0.392 e. The summed E-state index contributed by atoms with van der Waals surface area (Å²) in [7, 11) is 1.58. The molecule has 4 aromatic heterocycles. The fourth-order valence-corrected chi connectivity index (χ4v) is 9.31.